The number of hydrogen-bond acceptors (Lipinski definition) is 18. The van der Waals surface area contributed by atoms with Crippen molar-refractivity contribution in [3.05, 3.63) is 146 Å². The zero-order chi connectivity index (χ0) is 70.8. The van der Waals surface area contributed by atoms with E-state index in [0.717, 1.165) is 126 Å². The van der Waals surface area contributed by atoms with Crippen molar-refractivity contribution in [2.45, 2.75) is 0 Å². The van der Waals surface area contributed by atoms with Crippen molar-refractivity contribution in [2.24, 2.45) is 0 Å². The zero-order valence-corrected chi connectivity index (χ0v) is 76.6. The second kappa shape index (κ2) is 69.9. The number of aromatic nitrogens is 6. The van der Waals surface area contributed by atoms with E-state index in [1.165, 1.54) is 0 Å². The van der Waals surface area contributed by atoms with Crippen LogP contribution in [0.25, 0.3) is 31.5 Å². The third-order valence-electron chi connectivity index (χ3n) is 10.6. The molecule has 99 heavy (non-hydrogen) atoms. The summed E-state index contributed by atoms with van der Waals surface area (Å²) in [6, 6.07) is 34.8. The molecule has 0 spiro atoms. The monoisotopic (exact) mass is 1770 g/mol. The molecule has 0 amide bonds. The van der Waals surface area contributed by atoms with E-state index in [4.69, 9.17) is 0 Å². The predicted molar refractivity (Wildman–Crippen MR) is 394 cm³/mol. The molecule has 0 aliphatic rings. The molecule has 12 aromatic rings. The van der Waals surface area contributed by atoms with Crippen LogP contribution in [0.15, 0.2) is 146 Å². The second-order valence-corrected chi connectivity index (χ2v) is 32.0. The van der Waals surface area contributed by atoms with E-state index in [0.29, 0.717) is 79.3 Å². The van der Waals surface area contributed by atoms with E-state index in [9.17, 15) is 30.6 Å². The Bertz CT molecular complexity index is 3130. The van der Waals surface area contributed by atoms with Crippen LogP contribution >= 0.6 is 94.4 Å². The smallest absolute Gasteiger partial charge is 0.856 e. The number of pyridine rings is 6. The van der Waals surface area contributed by atoms with Crippen LogP contribution in [0.3, 0.4) is 0 Å². The van der Waals surface area contributed by atoms with E-state index in [2.05, 4.69) is 56.8 Å². The summed E-state index contributed by atoms with van der Waals surface area (Å²) >= 11 is 0. The Labute approximate surface area is 662 Å². The van der Waals surface area contributed by atoms with Gasteiger partial charge in [0.2, 0.25) is 0 Å². The average molecular weight is 1770 g/mol. The van der Waals surface area contributed by atoms with Crippen molar-refractivity contribution < 1.29 is 172 Å². The maximum absolute atomic E-state index is 11.0. The van der Waals surface area contributed by atoms with Gasteiger partial charge in [-0.3, -0.25) is 0 Å². The summed E-state index contributed by atoms with van der Waals surface area (Å²) in [5.74, 6) is 0. The molecular formula is C60H84HfN6Na2O18P12. The summed E-state index contributed by atoms with van der Waals surface area (Å²) in [4.78, 5) is 0. The number of rotatable bonds is 18. The Morgan fingerprint density at radius 3 is 0.414 bits per heavy atom. The fourth-order valence-corrected chi connectivity index (χ4v) is 19.6. The molecule has 0 saturated carbocycles. The summed E-state index contributed by atoms with van der Waals surface area (Å²) < 4.78 is 66.1. The van der Waals surface area contributed by atoms with Crippen LogP contribution < -0.4 is 89.8 Å². The number of fused-ring (bicyclic) bond motifs is 6. The summed E-state index contributed by atoms with van der Waals surface area (Å²) in [6.07, 6.45) is 10.9. The van der Waals surface area contributed by atoms with Gasteiger partial charge >= 0.3 is 85.0 Å². The molecule has 528 valence electrons. The Hall–Kier alpha value is -1.09. The van der Waals surface area contributed by atoms with Crippen molar-refractivity contribution in [1.82, 2.24) is 26.4 Å². The quantitative estimate of drug-likeness (QED) is 0.0573. The topological polar surface area (TPSA) is 276 Å². The Kier molecular flexibility index (Phi) is 72.1. The van der Waals surface area contributed by atoms with E-state index in [1.54, 1.807) is 112 Å². The van der Waals surface area contributed by atoms with Gasteiger partial charge in [0.1, 0.15) is 0 Å². The molecule has 0 saturated heterocycles. The average Bonchev–Trinajstić information content (AvgIpc) is 2.10. The van der Waals surface area contributed by atoms with Gasteiger partial charge in [0.15, 0.2) is 0 Å². The summed E-state index contributed by atoms with van der Waals surface area (Å²) in [5.41, 5.74) is 1.07. The molecule has 12 aromatic heterocycles. The SMILES string of the molecule is COCCOC.COCCOC.COCCOC.COCCOC.COCCOC.COCCOC.[Hf+4].[Na+].[Na+].[O-]c1ppc2ccccn12.[O-]c1ppc2ccccn12.[O-]c1ppc2ccccn12.[O-]c1ppc2ccccn12.[O-]c1ppc2ccccn12.[O-]c1ppc2ccccn12. The first kappa shape index (κ1) is 102. The van der Waals surface area contributed by atoms with Crippen LogP contribution in [0.2, 0.25) is 0 Å². The van der Waals surface area contributed by atoms with Gasteiger partial charge in [-0.2, -0.15) is 0 Å². The van der Waals surface area contributed by atoms with E-state index in [1.807, 2.05) is 146 Å². The summed E-state index contributed by atoms with van der Waals surface area (Å²) in [7, 11) is 31.7. The zero-order valence-electron chi connectivity index (χ0n) is 58.2. The first-order valence-electron chi connectivity index (χ1n) is 28.4. The van der Waals surface area contributed by atoms with Crippen LogP contribution in [0, 0.1) is 0 Å². The van der Waals surface area contributed by atoms with Gasteiger partial charge in [0.05, 0.1) is 111 Å². The van der Waals surface area contributed by atoms with Gasteiger partial charge in [-0.05, 0) is 167 Å². The molecule has 0 bridgehead atoms. The van der Waals surface area contributed by atoms with Crippen molar-refractivity contribution in [1.29, 1.82) is 0 Å². The molecule has 39 heteroatoms. The second-order valence-electron chi connectivity index (χ2n) is 17.4. The van der Waals surface area contributed by atoms with Gasteiger partial charge in [-0.15, -0.1) is 0 Å². The van der Waals surface area contributed by atoms with Crippen LogP contribution in [-0.4, -0.2) is 191 Å². The minimum absolute atomic E-state index is 0. The standard InChI is InChI=1S/6C6H5NOP2.6C4H10O2.Hf.2Na/c6*8-6-7-4-2-1-3-5(7)9-10-6;6*1-5-3-4-6-2;;;/h6*1-4,8H;6*3-4H2,1-2H3;;;/q;;;;;;;;;;;;+4;2*+1/p-6. The molecule has 0 aliphatic carbocycles. The molecule has 24 nitrogen and oxygen atoms in total. The maximum Gasteiger partial charge on any atom is 4.00 e. The van der Waals surface area contributed by atoms with Crippen LogP contribution in [0.1, 0.15) is 0 Å². The fraction of sp³-hybridized carbons (Fsp3) is 0.400. The Balaban J connectivity index is -0.00000102. The van der Waals surface area contributed by atoms with E-state index < -0.39 is 0 Å². The number of methoxy groups -OCH3 is 12. The third kappa shape index (κ3) is 46.6. The van der Waals surface area contributed by atoms with Crippen molar-refractivity contribution in [3.8, 4) is 33.7 Å². The Morgan fingerprint density at radius 1 is 0.212 bits per heavy atom. The van der Waals surface area contributed by atoms with Gasteiger partial charge < -0.3 is 114 Å². The molecule has 0 radical (unpaired) electrons. The molecule has 0 atom stereocenters. The number of ether oxygens (including phenoxy) is 12. The summed E-state index contributed by atoms with van der Waals surface area (Å²) in [6.45, 7) is 8.29. The van der Waals surface area contributed by atoms with Crippen LogP contribution in [0.5, 0.6) is 33.7 Å². The van der Waals surface area contributed by atoms with Gasteiger partial charge in [-0.1, -0.05) is 36.4 Å². The Morgan fingerprint density at radius 2 is 0.323 bits per heavy atom. The normalized spacial score (nSPS) is 10.5. The largest absolute Gasteiger partial charge is 4.00 e. The van der Waals surface area contributed by atoms with Crippen molar-refractivity contribution in [2.75, 3.05) is 165 Å². The third-order valence-corrected chi connectivity index (χ3v) is 25.5. The summed E-state index contributed by atoms with van der Waals surface area (Å²) in [5, 5.41) is 72.6. The van der Waals surface area contributed by atoms with Gasteiger partial charge in [0.25, 0.3) is 0 Å². The fourth-order valence-electron chi connectivity index (χ4n) is 5.92. The molecule has 0 N–H and O–H groups in total. The van der Waals surface area contributed by atoms with Crippen molar-refractivity contribution >= 4 is 126 Å². The molecule has 12 heterocycles. The minimum atomic E-state index is 0. The van der Waals surface area contributed by atoms with Crippen molar-refractivity contribution in [3.63, 3.8) is 0 Å². The molecule has 0 aromatic carbocycles. The van der Waals surface area contributed by atoms with Gasteiger partial charge in [-0.25, -0.2) is 0 Å². The molecule has 12 rings (SSSR count). The molecule has 0 fully saturated rings. The van der Waals surface area contributed by atoms with Gasteiger partial charge in [0, 0.05) is 156 Å². The first-order valence-corrected chi connectivity index (χ1v) is 43.4. The molecule has 0 unspecified atom stereocenters. The molecule has 0 aliphatic heterocycles. The number of nitrogens with zero attached hydrogens (tertiary/aromatic N) is 6. The predicted octanol–water partition coefficient (Wildman–Crippen LogP) is 8.72. The van der Waals surface area contributed by atoms with Crippen LogP contribution in [-0.2, 0) is 82.7 Å². The number of hydrogen-bond donors (Lipinski definition) is 0. The molecular weight excluding hydrogens is 1690 g/mol. The minimum Gasteiger partial charge on any atom is -0.856 e. The van der Waals surface area contributed by atoms with E-state index >= 15 is 0 Å². The van der Waals surface area contributed by atoms with E-state index in [-0.39, 0.29) is 119 Å². The van der Waals surface area contributed by atoms with Crippen LogP contribution in [0.4, 0.5) is 0 Å². The maximum atomic E-state index is 11.0. The first-order chi connectivity index (χ1) is 46.7.